The molecule has 0 spiro atoms. The molecule has 0 aromatic carbocycles. The summed E-state index contributed by atoms with van der Waals surface area (Å²) >= 11 is 0. The van der Waals surface area contributed by atoms with Crippen molar-refractivity contribution in [2.75, 3.05) is 0 Å². The zero-order valence-electron chi connectivity index (χ0n) is 10.1. The van der Waals surface area contributed by atoms with Crippen LogP contribution in [0.4, 0.5) is 17.6 Å². The number of hydrogen-bond acceptors (Lipinski definition) is 1. The summed E-state index contributed by atoms with van der Waals surface area (Å²) in [6, 6.07) is -0.461. The van der Waals surface area contributed by atoms with Crippen LogP contribution in [0, 0.1) is 17.8 Å². The van der Waals surface area contributed by atoms with Crippen LogP contribution in [0.3, 0.4) is 0 Å². The molecule has 0 aromatic rings. The summed E-state index contributed by atoms with van der Waals surface area (Å²) in [7, 11) is 0. The van der Waals surface area contributed by atoms with Gasteiger partial charge in [-0.1, -0.05) is 6.42 Å². The van der Waals surface area contributed by atoms with Gasteiger partial charge in [-0.25, -0.2) is 8.78 Å². The number of fused-ring (bicyclic) bond motifs is 2. The number of carbonyl (C=O) groups excluding carboxylic acids is 1. The molecular formula is C12H17F4NO. The molecule has 1 amide bonds. The number of halogens is 4. The molecule has 2 fully saturated rings. The van der Waals surface area contributed by atoms with Crippen LogP contribution in [-0.2, 0) is 4.79 Å². The monoisotopic (exact) mass is 267 g/mol. The molecule has 2 saturated carbocycles. The van der Waals surface area contributed by atoms with Gasteiger partial charge in [0.1, 0.15) is 0 Å². The summed E-state index contributed by atoms with van der Waals surface area (Å²) in [5.41, 5.74) is 0. The van der Waals surface area contributed by atoms with E-state index in [9.17, 15) is 22.4 Å². The van der Waals surface area contributed by atoms with Gasteiger partial charge in [-0.3, -0.25) is 4.79 Å². The van der Waals surface area contributed by atoms with Crippen LogP contribution < -0.4 is 5.32 Å². The first-order valence-electron chi connectivity index (χ1n) is 6.29. The fourth-order valence-corrected chi connectivity index (χ4v) is 3.42. The van der Waals surface area contributed by atoms with Crippen LogP contribution in [-0.4, -0.2) is 24.3 Å². The van der Waals surface area contributed by atoms with Crippen molar-refractivity contribution in [3.8, 4) is 0 Å². The van der Waals surface area contributed by atoms with Crippen LogP contribution >= 0.6 is 0 Å². The van der Waals surface area contributed by atoms with Crippen LogP contribution in [0.1, 0.15) is 32.6 Å². The Labute approximate surface area is 103 Å². The lowest BCUT2D eigenvalue weighted by molar-refractivity contribution is -0.170. The topological polar surface area (TPSA) is 29.1 Å². The highest BCUT2D eigenvalue weighted by Crippen LogP contribution is 2.49. The summed E-state index contributed by atoms with van der Waals surface area (Å²) in [5, 5.41) is 2.06. The number of alkyl halides is 4. The number of carbonyl (C=O) groups is 1. The first-order chi connectivity index (χ1) is 8.32. The van der Waals surface area contributed by atoms with Gasteiger partial charge in [0.15, 0.2) is 0 Å². The maximum Gasteiger partial charge on any atom is 0.383 e. The van der Waals surface area contributed by atoms with Crippen molar-refractivity contribution in [3.63, 3.8) is 0 Å². The summed E-state index contributed by atoms with van der Waals surface area (Å²) in [4.78, 5) is 11.1. The molecule has 4 atom stereocenters. The van der Waals surface area contributed by atoms with E-state index in [1.165, 1.54) is 0 Å². The largest absolute Gasteiger partial charge is 0.383 e. The van der Waals surface area contributed by atoms with Crippen molar-refractivity contribution in [1.29, 1.82) is 0 Å². The molecule has 6 heteroatoms. The molecule has 1 N–H and O–H groups in total. The van der Waals surface area contributed by atoms with Gasteiger partial charge in [0, 0.05) is 6.04 Å². The summed E-state index contributed by atoms with van der Waals surface area (Å²) in [6.07, 6.45) is 0.253. The Balaban J connectivity index is 1.92. The second-order valence-corrected chi connectivity index (χ2v) is 5.52. The third-order valence-electron chi connectivity index (χ3n) is 4.37. The molecule has 2 rings (SSSR count). The molecule has 2 aliphatic carbocycles. The van der Waals surface area contributed by atoms with Gasteiger partial charge in [0.05, 0.1) is 0 Å². The lowest BCUT2D eigenvalue weighted by atomic mass is 9.84. The van der Waals surface area contributed by atoms with Crippen molar-refractivity contribution in [3.05, 3.63) is 0 Å². The van der Waals surface area contributed by atoms with Crippen molar-refractivity contribution < 1.29 is 22.4 Å². The molecule has 2 nitrogen and oxygen atoms in total. The summed E-state index contributed by atoms with van der Waals surface area (Å²) in [5.74, 6) is -5.22. The molecule has 0 saturated heterocycles. The fourth-order valence-electron chi connectivity index (χ4n) is 3.42. The average molecular weight is 267 g/mol. The number of rotatable bonds is 4. The zero-order valence-corrected chi connectivity index (χ0v) is 10.1. The Kier molecular flexibility index (Phi) is 3.56. The normalized spacial score (nSPS) is 32.9. The van der Waals surface area contributed by atoms with Gasteiger partial charge in [0.25, 0.3) is 5.91 Å². The van der Waals surface area contributed by atoms with E-state index < -0.39 is 24.3 Å². The molecule has 2 aliphatic rings. The first kappa shape index (κ1) is 13.6. The van der Waals surface area contributed by atoms with E-state index in [1.807, 2.05) is 0 Å². The maximum atomic E-state index is 12.8. The third-order valence-corrected chi connectivity index (χ3v) is 4.37. The van der Waals surface area contributed by atoms with E-state index in [0.717, 1.165) is 25.7 Å². The van der Waals surface area contributed by atoms with Crippen molar-refractivity contribution >= 4 is 5.91 Å². The Hall–Kier alpha value is -0.810. The number of nitrogens with one attached hydrogen (secondary N) is 1. The average Bonchev–Trinajstić information content (AvgIpc) is 2.89. The predicted octanol–water partition coefficient (Wildman–Crippen LogP) is 2.83. The highest BCUT2D eigenvalue weighted by molar-refractivity contribution is 5.84. The van der Waals surface area contributed by atoms with Gasteiger partial charge >= 0.3 is 12.3 Å². The van der Waals surface area contributed by atoms with E-state index in [2.05, 4.69) is 5.32 Å². The van der Waals surface area contributed by atoms with E-state index in [-0.39, 0.29) is 5.92 Å². The predicted molar refractivity (Wildman–Crippen MR) is 57.5 cm³/mol. The van der Waals surface area contributed by atoms with E-state index in [1.54, 1.807) is 6.92 Å². The number of amides is 1. The zero-order chi connectivity index (χ0) is 13.5. The van der Waals surface area contributed by atoms with Gasteiger partial charge in [-0.05, 0) is 43.9 Å². The Morgan fingerprint density at radius 1 is 1.28 bits per heavy atom. The Bertz CT molecular complexity index is 334. The van der Waals surface area contributed by atoms with Gasteiger partial charge in [0.2, 0.25) is 0 Å². The third kappa shape index (κ3) is 2.34. The van der Waals surface area contributed by atoms with Crippen molar-refractivity contribution in [2.24, 2.45) is 17.8 Å². The minimum Gasteiger partial charge on any atom is -0.348 e. The van der Waals surface area contributed by atoms with E-state index in [0.29, 0.717) is 11.8 Å². The SMILES string of the molecule is CC(NC(=O)C(F)(F)C(F)F)C1CC2CCC1C2. The fraction of sp³-hybridized carbons (Fsp3) is 0.917. The smallest absolute Gasteiger partial charge is 0.348 e. The molecule has 0 aromatic heterocycles. The minimum atomic E-state index is -4.59. The number of hydrogen-bond donors (Lipinski definition) is 1. The van der Waals surface area contributed by atoms with Crippen LogP contribution in [0.5, 0.6) is 0 Å². The highest BCUT2D eigenvalue weighted by atomic mass is 19.3. The molecule has 0 heterocycles. The van der Waals surface area contributed by atoms with Gasteiger partial charge < -0.3 is 5.32 Å². The molecule has 2 bridgehead atoms. The maximum absolute atomic E-state index is 12.8. The second kappa shape index (κ2) is 4.70. The van der Waals surface area contributed by atoms with Crippen molar-refractivity contribution in [2.45, 2.75) is 51.0 Å². The second-order valence-electron chi connectivity index (χ2n) is 5.52. The first-order valence-corrected chi connectivity index (χ1v) is 6.29. The minimum absolute atomic E-state index is 0.154. The standard InChI is InChI=1S/C12H17F4NO/c1-6(9-5-7-2-3-8(9)4-7)17-11(18)12(15,16)10(13)14/h6-10H,2-5H2,1H3,(H,17,18). The van der Waals surface area contributed by atoms with E-state index in [4.69, 9.17) is 0 Å². The highest BCUT2D eigenvalue weighted by Gasteiger charge is 2.50. The summed E-state index contributed by atoms with van der Waals surface area (Å²) in [6.45, 7) is 1.63. The van der Waals surface area contributed by atoms with Crippen molar-refractivity contribution in [1.82, 2.24) is 5.32 Å². The van der Waals surface area contributed by atoms with Crippen LogP contribution in [0.15, 0.2) is 0 Å². The van der Waals surface area contributed by atoms with Gasteiger partial charge in [-0.15, -0.1) is 0 Å². The Morgan fingerprint density at radius 2 is 1.94 bits per heavy atom. The van der Waals surface area contributed by atoms with E-state index >= 15 is 0 Å². The molecule has 18 heavy (non-hydrogen) atoms. The van der Waals surface area contributed by atoms with Gasteiger partial charge in [-0.2, -0.15) is 8.78 Å². The Morgan fingerprint density at radius 3 is 2.39 bits per heavy atom. The molecule has 0 aliphatic heterocycles. The lowest BCUT2D eigenvalue weighted by Gasteiger charge is -2.29. The molecular weight excluding hydrogens is 250 g/mol. The molecule has 0 radical (unpaired) electrons. The van der Waals surface area contributed by atoms with Crippen LogP contribution in [0.2, 0.25) is 0 Å². The molecule has 104 valence electrons. The quantitative estimate of drug-likeness (QED) is 0.780. The lowest BCUT2D eigenvalue weighted by Crippen LogP contribution is -2.50. The van der Waals surface area contributed by atoms with Crippen LogP contribution in [0.25, 0.3) is 0 Å². The summed E-state index contributed by atoms with van der Waals surface area (Å²) < 4.78 is 49.7. The molecule has 4 unspecified atom stereocenters.